The summed E-state index contributed by atoms with van der Waals surface area (Å²) in [5, 5.41) is 12.7. The molecule has 0 heterocycles. The molecule has 0 bridgehead atoms. The van der Waals surface area contributed by atoms with E-state index in [1.54, 1.807) is 30.3 Å². The van der Waals surface area contributed by atoms with Crippen molar-refractivity contribution in [1.29, 1.82) is 5.26 Å². The quantitative estimate of drug-likeness (QED) is 0.674. The van der Waals surface area contributed by atoms with Gasteiger partial charge in [-0.05, 0) is 35.1 Å². The third-order valence-corrected chi connectivity index (χ3v) is 4.18. The highest BCUT2D eigenvalue weighted by Crippen LogP contribution is 2.59. The van der Waals surface area contributed by atoms with Gasteiger partial charge >= 0.3 is 0 Å². The van der Waals surface area contributed by atoms with E-state index in [0.29, 0.717) is 5.56 Å². The minimum absolute atomic E-state index is 0.0163. The molecule has 0 radical (unpaired) electrons. The van der Waals surface area contributed by atoms with Gasteiger partial charge in [-0.1, -0.05) is 49.2 Å². The van der Waals surface area contributed by atoms with E-state index in [2.05, 4.69) is 10.5 Å². The second-order valence-corrected chi connectivity index (χ2v) is 6.76. The number of hydrogen-bond acceptors (Lipinski definition) is 3. The molecule has 0 aromatic heterocycles. The molecule has 2 rings (SSSR count). The van der Waals surface area contributed by atoms with E-state index in [1.165, 1.54) is 6.21 Å². The van der Waals surface area contributed by atoms with Crippen LogP contribution < -0.4 is 5.43 Å². The Morgan fingerprint density at radius 3 is 2.55 bits per heavy atom. The zero-order valence-corrected chi connectivity index (χ0v) is 13.7. The highest BCUT2D eigenvalue weighted by Gasteiger charge is 2.60. The van der Waals surface area contributed by atoms with Crippen molar-refractivity contribution in [2.45, 2.75) is 13.8 Å². The van der Waals surface area contributed by atoms with E-state index in [4.69, 9.17) is 28.5 Å². The molecule has 0 unspecified atom stereocenters. The van der Waals surface area contributed by atoms with Gasteiger partial charge in [0, 0.05) is 0 Å². The maximum Gasteiger partial charge on any atom is 0.244 e. The highest BCUT2D eigenvalue weighted by atomic mass is 35.5. The van der Waals surface area contributed by atoms with Crippen LogP contribution in [0.4, 0.5) is 0 Å². The monoisotopic (exact) mass is 335 g/mol. The molecular formula is C16H15Cl2N3O. The van der Waals surface area contributed by atoms with Crippen LogP contribution in [0.2, 0.25) is 0 Å². The summed E-state index contributed by atoms with van der Waals surface area (Å²) in [4.78, 5) is 12.1. The van der Waals surface area contributed by atoms with Crippen LogP contribution in [0.1, 0.15) is 25.0 Å². The Morgan fingerprint density at radius 1 is 1.36 bits per heavy atom. The fraction of sp³-hybridized carbons (Fsp3) is 0.312. The lowest BCUT2D eigenvalue weighted by Crippen LogP contribution is -2.21. The van der Waals surface area contributed by atoms with Crippen LogP contribution in [0.3, 0.4) is 0 Å². The van der Waals surface area contributed by atoms with Gasteiger partial charge in [0.2, 0.25) is 5.91 Å². The number of carbonyl (C=O) groups is 1. The number of amides is 1. The van der Waals surface area contributed by atoms with E-state index in [1.807, 2.05) is 19.9 Å². The lowest BCUT2D eigenvalue weighted by atomic mass is 10.1. The molecule has 0 aliphatic heterocycles. The number of hydrogen-bond donors (Lipinski definition) is 1. The average molecular weight is 336 g/mol. The number of nitrogens with one attached hydrogen (secondary N) is 1. The number of nitriles is 1. The predicted molar refractivity (Wildman–Crippen MR) is 87.4 cm³/mol. The summed E-state index contributed by atoms with van der Waals surface area (Å²) in [6, 6.07) is 8.94. The molecule has 4 nitrogen and oxygen atoms in total. The van der Waals surface area contributed by atoms with Gasteiger partial charge in [-0.15, -0.1) is 0 Å². The summed E-state index contributed by atoms with van der Waals surface area (Å²) >= 11 is 11.3. The molecule has 2 atom stereocenters. The first-order valence-corrected chi connectivity index (χ1v) is 7.47. The van der Waals surface area contributed by atoms with Gasteiger partial charge in [-0.3, -0.25) is 4.79 Å². The second kappa shape index (κ2) is 6.51. The number of carbonyl (C=O) groups excluding carboxylic acids is 1. The molecule has 1 aliphatic rings. The number of benzene rings is 1. The number of nitrogens with zero attached hydrogens (tertiary/aromatic N) is 2. The van der Waals surface area contributed by atoms with Crippen molar-refractivity contribution in [3.63, 3.8) is 0 Å². The summed E-state index contributed by atoms with van der Waals surface area (Å²) in [6.45, 7) is 3.97. The van der Waals surface area contributed by atoms with E-state index in [-0.39, 0.29) is 27.6 Å². The maximum atomic E-state index is 12.1. The van der Waals surface area contributed by atoms with E-state index in [0.717, 1.165) is 5.56 Å². The number of hydrazone groups is 1. The summed E-state index contributed by atoms with van der Waals surface area (Å²) in [7, 11) is 0. The second-order valence-electron chi connectivity index (χ2n) is 5.75. The predicted octanol–water partition coefficient (Wildman–Crippen LogP) is 3.60. The topological polar surface area (TPSA) is 65.2 Å². The fourth-order valence-corrected chi connectivity index (χ4v) is 2.78. The molecule has 1 aromatic rings. The molecule has 114 valence electrons. The largest absolute Gasteiger partial charge is 0.273 e. The van der Waals surface area contributed by atoms with Crippen molar-refractivity contribution in [3.05, 3.63) is 46.0 Å². The van der Waals surface area contributed by atoms with Crippen LogP contribution in [-0.2, 0) is 4.79 Å². The van der Waals surface area contributed by atoms with Crippen molar-refractivity contribution in [3.8, 4) is 6.07 Å². The Kier molecular flexibility index (Phi) is 4.90. The molecule has 22 heavy (non-hydrogen) atoms. The van der Waals surface area contributed by atoms with E-state index in [9.17, 15) is 4.79 Å². The minimum atomic E-state index is -0.196. The average Bonchev–Trinajstić information content (AvgIpc) is 2.99. The van der Waals surface area contributed by atoms with Gasteiger partial charge in [0.1, 0.15) is 4.49 Å². The van der Waals surface area contributed by atoms with E-state index >= 15 is 0 Å². The smallest absolute Gasteiger partial charge is 0.244 e. The summed E-state index contributed by atoms with van der Waals surface area (Å²) in [6.07, 6.45) is 3.23. The molecule has 6 heteroatoms. The van der Waals surface area contributed by atoms with Gasteiger partial charge in [-0.25, -0.2) is 5.43 Å². The Labute approximate surface area is 139 Å². The Bertz CT molecular complexity index is 668. The number of allylic oxidation sites excluding steroid dienone is 1. The standard InChI is InChI=1S/C16H15Cl2N3O/c1-16(2)12(7-13(17)18)14(16)15(22)21-20-9-11-5-3-10(8-19)4-6-11/h3-7,9,12,14H,1-2H3,(H,21,22)/b20-9-/t12-,14+/m0/s1. The lowest BCUT2D eigenvalue weighted by Gasteiger charge is -2.01. The first kappa shape index (κ1) is 16.5. The molecular weight excluding hydrogens is 321 g/mol. The summed E-state index contributed by atoms with van der Waals surface area (Å²) in [5.74, 6) is -0.341. The summed E-state index contributed by atoms with van der Waals surface area (Å²) in [5.41, 5.74) is 3.73. The van der Waals surface area contributed by atoms with Crippen LogP contribution in [0.15, 0.2) is 39.9 Å². The third-order valence-electron chi connectivity index (χ3n) is 3.93. The maximum absolute atomic E-state index is 12.1. The van der Waals surface area contributed by atoms with Crippen LogP contribution in [0.5, 0.6) is 0 Å². The van der Waals surface area contributed by atoms with Gasteiger partial charge in [0.25, 0.3) is 0 Å². The van der Waals surface area contributed by atoms with Crippen molar-refractivity contribution >= 4 is 35.3 Å². The highest BCUT2D eigenvalue weighted by molar-refractivity contribution is 6.55. The fourth-order valence-electron chi connectivity index (χ4n) is 2.51. The Morgan fingerprint density at radius 2 is 2.00 bits per heavy atom. The number of halogens is 2. The normalized spacial score (nSPS) is 22.0. The molecule has 1 aromatic carbocycles. The Hall–Kier alpha value is -1.83. The van der Waals surface area contributed by atoms with Gasteiger partial charge < -0.3 is 0 Å². The van der Waals surface area contributed by atoms with Crippen molar-refractivity contribution in [2.24, 2.45) is 22.4 Å². The van der Waals surface area contributed by atoms with Crippen molar-refractivity contribution in [1.82, 2.24) is 5.43 Å². The zero-order chi connectivity index (χ0) is 16.3. The molecule has 1 saturated carbocycles. The van der Waals surface area contributed by atoms with Crippen molar-refractivity contribution < 1.29 is 4.79 Å². The minimum Gasteiger partial charge on any atom is -0.273 e. The molecule has 1 aliphatic carbocycles. The molecule has 1 fully saturated rings. The van der Waals surface area contributed by atoms with Crippen LogP contribution in [-0.4, -0.2) is 12.1 Å². The third kappa shape index (κ3) is 3.68. The zero-order valence-electron chi connectivity index (χ0n) is 12.2. The first-order valence-electron chi connectivity index (χ1n) is 6.72. The molecule has 0 saturated heterocycles. The lowest BCUT2D eigenvalue weighted by molar-refractivity contribution is -0.123. The van der Waals surface area contributed by atoms with Crippen LogP contribution >= 0.6 is 23.2 Å². The first-order chi connectivity index (χ1) is 10.4. The van der Waals surface area contributed by atoms with Crippen molar-refractivity contribution in [2.75, 3.05) is 0 Å². The number of rotatable bonds is 4. The van der Waals surface area contributed by atoms with Crippen LogP contribution in [0, 0.1) is 28.6 Å². The van der Waals surface area contributed by atoms with E-state index < -0.39 is 0 Å². The van der Waals surface area contributed by atoms with Gasteiger partial charge in [0.05, 0.1) is 23.8 Å². The van der Waals surface area contributed by atoms with Crippen LogP contribution in [0.25, 0.3) is 0 Å². The van der Waals surface area contributed by atoms with Gasteiger partial charge in [0.15, 0.2) is 0 Å². The Balaban J connectivity index is 1.94. The molecule has 1 amide bonds. The SMILES string of the molecule is CC1(C)[C@@H](C=C(Cl)Cl)[C@@H]1C(=O)N/N=C\c1ccc(C#N)cc1. The van der Waals surface area contributed by atoms with Gasteiger partial charge in [-0.2, -0.15) is 10.4 Å². The molecule has 1 N–H and O–H groups in total. The summed E-state index contributed by atoms with van der Waals surface area (Å²) < 4.78 is 0.175. The molecule has 0 spiro atoms.